The Morgan fingerprint density at radius 1 is 1.17 bits per heavy atom. The predicted octanol–water partition coefficient (Wildman–Crippen LogP) is 5.36. The zero-order valence-corrected chi connectivity index (χ0v) is 15.1. The minimum atomic E-state index is -0.105. The van der Waals surface area contributed by atoms with Crippen LogP contribution in [0.4, 0.5) is 5.69 Å². The highest BCUT2D eigenvalue weighted by Crippen LogP contribution is 2.38. The smallest absolute Gasteiger partial charge is 0.268 e. The van der Waals surface area contributed by atoms with Crippen molar-refractivity contribution < 1.29 is 4.79 Å². The van der Waals surface area contributed by atoms with E-state index in [0.29, 0.717) is 14.2 Å². The van der Waals surface area contributed by atoms with Gasteiger partial charge in [-0.3, -0.25) is 9.69 Å². The Hall–Kier alpha value is -1.62. The molecule has 1 aliphatic heterocycles. The molecule has 0 radical (unpaired) electrons. The van der Waals surface area contributed by atoms with Crippen molar-refractivity contribution in [2.45, 2.75) is 13.8 Å². The van der Waals surface area contributed by atoms with Gasteiger partial charge in [-0.1, -0.05) is 71.5 Å². The molecule has 116 valence electrons. The SMILES string of the molecule is Cc1ccc(N2C(=O)C(=Cc3ccccc3Cl)SC2=S)c(C)c1. The summed E-state index contributed by atoms with van der Waals surface area (Å²) in [5, 5.41) is 0.615. The van der Waals surface area contributed by atoms with Crippen LogP contribution in [-0.2, 0) is 4.79 Å². The number of carbonyl (C=O) groups is 1. The Kier molecular flexibility index (Phi) is 4.57. The molecule has 0 unspecified atom stereocenters. The van der Waals surface area contributed by atoms with Crippen LogP contribution in [-0.4, -0.2) is 10.2 Å². The van der Waals surface area contributed by atoms with Crippen molar-refractivity contribution in [2.24, 2.45) is 0 Å². The van der Waals surface area contributed by atoms with Gasteiger partial charge in [0.15, 0.2) is 4.32 Å². The van der Waals surface area contributed by atoms with Crippen molar-refractivity contribution in [3.63, 3.8) is 0 Å². The number of benzene rings is 2. The zero-order chi connectivity index (χ0) is 16.6. The third kappa shape index (κ3) is 3.20. The molecule has 2 aromatic rings. The lowest BCUT2D eigenvalue weighted by Gasteiger charge is -2.17. The van der Waals surface area contributed by atoms with E-state index in [2.05, 4.69) is 0 Å². The Balaban J connectivity index is 1.99. The third-order valence-electron chi connectivity index (χ3n) is 3.58. The van der Waals surface area contributed by atoms with Crippen LogP contribution in [0, 0.1) is 13.8 Å². The molecule has 0 aromatic heterocycles. The zero-order valence-electron chi connectivity index (χ0n) is 12.7. The first-order valence-electron chi connectivity index (χ1n) is 7.07. The van der Waals surface area contributed by atoms with Crippen molar-refractivity contribution in [2.75, 3.05) is 4.90 Å². The van der Waals surface area contributed by atoms with Gasteiger partial charge in [-0.25, -0.2) is 0 Å². The summed E-state index contributed by atoms with van der Waals surface area (Å²) < 4.78 is 0.542. The number of aryl methyl sites for hydroxylation is 2. The Morgan fingerprint density at radius 3 is 2.61 bits per heavy atom. The fourth-order valence-corrected chi connectivity index (χ4v) is 3.93. The van der Waals surface area contributed by atoms with Gasteiger partial charge >= 0.3 is 0 Å². The van der Waals surface area contributed by atoms with Crippen molar-refractivity contribution in [3.8, 4) is 0 Å². The summed E-state index contributed by atoms with van der Waals surface area (Å²) in [4.78, 5) is 15.0. The molecular formula is C18H14ClNOS2. The lowest BCUT2D eigenvalue weighted by molar-refractivity contribution is -0.113. The molecule has 1 aliphatic rings. The maximum atomic E-state index is 12.8. The molecule has 2 aromatic carbocycles. The van der Waals surface area contributed by atoms with Crippen molar-refractivity contribution in [1.82, 2.24) is 0 Å². The molecule has 0 spiro atoms. The van der Waals surface area contributed by atoms with E-state index in [-0.39, 0.29) is 5.91 Å². The normalized spacial score (nSPS) is 16.5. The molecule has 0 N–H and O–H groups in total. The number of thiocarbonyl (C=S) groups is 1. The average molecular weight is 360 g/mol. The first-order chi connectivity index (χ1) is 11.0. The maximum absolute atomic E-state index is 12.8. The summed E-state index contributed by atoms with van der Waals surface area (Å²) in [7, 11) is 0. The van der Waals surface area contributed by atoms with Crippen molar-refractivity contribution in [3.05, 3.63) is 69.1 Å². The largest absolute Gasteiger partial charge is 0.270 e. The number of carbonyl (C=O) groups excluding carboxylic acids is 1. The molecule has 0 saturated carbocycles. The highest BCUT2D eigenvalue weighted by molar-refractivity contribution is 8.27. The summed E-state index contributed by atoms with van der Waals surface area (Å²) in [5.41, 5.74) is 3.83. The van der Waals surface area contributed by atoms with Crippen molar-refractivity contribution in [1.29, 1.82) is 0 Å². The number of anilines is 1. The predicted molar refractivity (Wildman–Crippen MR) is 103 cm³/mol. The van der Waals surface area contributed by atoms with E-state index in [1.165, 1.54) is 11.8 Å². The second-order valence-corrected chi connectivity index (χ2v) is 7.41. The first kappa shape index (κ1) is 16.2. The molecular weight excluding hydrogens is 346 g/mol. The fourth-order valence-electron chi connectivity index (χ4n) is 2.47. The second-order valence-electron chi connectivity index (χ2n) is 5.33. The van der Waals surface area contributed by atoms with E-state index in [9.17, 15) is 4.79 Å². The molecule has 1 heterocycles. The maximum Gasteiger partial charge on any atom is 0.270 e. The minimum Gasteiger partial charge on any atom is -0.268 e. The molecule has 0 atom stereocenters. The van der Waals surface area contributed by atoms with E-state index < -0.39 is 0 Å². The van der Waals surface area contributed by atoms with Crippen LogP contribution in [0.25, 0.3) is 6.08 Å². The Morgan fingerprint density at radius 2 is 1.91 bits per heavy atom. The highest BCUT2D eigenvalue weighted by atomic mass is 35.5. The van der Waals surface area contributed by atoms with Gasteiger partial charge in [-0.15, -0.1) is 0 Å². The summed E-state index contributed by atoms with van der Waals surface area (Å²) in [6.45, 7) is 4.01. The quantitative estimate of drug-likeness (QED) is 0.531. The molecule has 2 nitrogen and oxygen atoms in total. The van der Waals surface area contributed by atoms with Crippen LogP contribution >= 0.6 is 35.6 Å². The van der Waals surface area contributed by atoms with Gasteiger partial charge in [0.1, 0.15) is 0 Å². The summed E-state index contributed by atoms with van der Waals surface area (Å²) >= 11 is 12.9. The number of hydrogen-bond acceptors (Lipinski definition) is 3. The van der Waals surface area contributed by atoms with E-state index in [0.717, 1.165) is 22.4 Å². The topological polar surface area (TPSA) is 20.3 Å². The van der Waals surface area contributed by atoms with Gasteiger partial charge in [0, 0.05) is 5.02 Å². The Bertz CT molecular complexity index is 845. The molecule has 0 bridgehead atoms. The van der Waals surface area contributed by atoms with E-state index in [1.807, 2.05) is 50.2 Å². The van der Waals surface area contributed by atoms with Gasteiger partial charge in [0.05, 0.1) is 10.6 Å². The van der Waals surface area contributed by atoms with Gasteiger partial charge in [0.25, 0.3) is 5.91 Å². The van der Waals surface area contributed by atoms with Crippen LogP contribution in [0.15, 0.2) is 47.4 Å². The molecule has 0 aliphatic carbocycles. The van der Waals surface area contributed by atoms with Gasteiger partial charge in [-0.2, -0.15) is 0 Å². The van der Waals surface area contributed by atoms with Crippen molar-refractivity contribution >= 4 is 57.6 Å². The number of nitrogens with zero attached hydrogens (tertiary/aromatic N) is 1. The van der Waals surface area contributed by atoms with Crippen LogP contribution < -0.4 is 4.90 Å². The molecule has 1 fully saturated rings. The van der Waals surface area contributed by atoms with Gasteiger partial charge in [-0.05, 0) is 43.2 Å². The molecule has 1 amide bonds. The van der Waals surface area contributed by atoms with E-state index in [4.69, 9.17) is 23.8 Å². The van der Waals surface area contributed by atoms with Crippen LogP contribution in [0.3, 0.4) is 0 Å². The standard InChI is InChI=1S/C18H14ClNOS2/c1-11-7-8-15(12(2)9-11)20-17(21)16(23-18(20)22)10-13-5-3-4-6-14(13)19/h3-10H,1-2H3. The van der Waals surface area contributed by atoms with Crippen LogP contribution in [0.2, 0.25) is 5.02 Å². The van der Waals surface area contributed by atoms with Crippen LogP contribution in [0.5, 0.6) is 0 Å². The molecule has 23 heavy (non-hydrogen) atoms. The lowest BCUT2D eigenvalue weighted by Crippen LogP contribution is -2.28. The summed E-state index contributed by atoms with van der Waals surface area (Å²) in [6, 6.07) is 13.4. The molecule has 3 rings (SSSR count). The number of thioether (sulfide) groups is 1. The number of halogens is 1. The van der Waals surface area contributed by atoms with E-state index in [1.54, 1.807) is 17.0 Å². The van der Waals surface area contributed by atoms with Gasteiger partial charge < -0.3 is 0 Å². The first-order valence-corrected chi connectivity index (χ1v) is 8.67. The van der Waals surface area contributed by atoms with Gasteiger partial charge in [0.2, 0.25) is 0 Å². The highest BCUT2D eigenvalue weighted by Gasteiger charge is 2.34. The minimum absolute atomic E-state index is 0.105. The monoisotopic (exact) mass is 359 g/mol. The summed E-state index contributed by atoms with van der Waals surface area (Å²) in [6.07, 6.45) is 1.80. The number of hydrogen-bond donors (Lipinski definition) is 0. The number of rotatable bonds is 2. The Labute approximate surface area is 150 Å². The van der Waals surface area contributed by atoms with Crippen LogP contribution in [0.1, 0.15) is 16.7 Å². The number of amides is 1. The average Bonchev–Trinajstić information content (AvgIpc) is 2.77. The van der Waals surface area contributed by atoms with E-state index >= 15 is 0 Å². The lowest BCUT2D eigenvalue weighted by atomic mass is 10.1. The molecule has 5 heteroatoms. The second kappa shape index (κ2) is 6.48. The summed E-state index contributed by atoms with van der Waals surface area (Å²) in [5.74, 6) is -0.105. The molecule has 1 saturated heterocycles. The third-order valence-corrected chi connectivity index (χ3v) is 5.23. The fraction of sp³-hybridized carbons (Fsp3) is 0.111.